The first-order valence-electron chi connectivity index (χ1n) is 6.86. The summed E-state index contributed by atoms with van der Waals surface area (Å²) in [7, 11) is 0. The number of hydrogen-bond acceptors (Lipinski definition) is 2. The van der Waals surface area contributed by atoms with E-state index in [0.29, 0.717) is 12.5 Å². The summed E-state index contributed by atoms with van der Waals surface area (Å²) in [5, 5.41) is 15.2. The molecule has 2 amide bonds. The highest BCUT2D eigenvalue weighted by molar-refractivity contribution is 9.10. The smallest absolute Gasteiger partial charge is 0.315 e. The van der Waals surface area contributed by atoms with Gasteiger partial charge in [0, 0.05) is 11.0 Å². The summed E-state index contributed by atoms with van der Waals surface area (Å²) in [5.74, 6) is 0.396. The van der Waals surface area contributed by atoms with Gasteiger partial charge >= 0.3 is 6.03 Å². The Morgan fingerprint density at radius 1 is 1.50 bits per heavy atom. The summed E-state index contributed by atoms with van der Waals surface area (Å²) in [6, 6.07) is 5.75. The molecule has 1 aromatic carbocycles. The van der Waals surface area contributed by atoms with E-state index in [1.54, 1.807) is 0 Å². The van der Waals surface area contributed by atoms with Crippen molar-refractivity contribution in [3.63, 3.8) is 0 Å². The first-order chi connectivity index (χ1) is 9.44. The lowest BCUT2D eigenvalue weighted by Gasteiger charge is -2.28. The van der Waals surface area contributed by atoms with Crippen molar-refractivity contribution in [2.24, 2.45) is 5.92 Å². The van der Waals surface area contributed by atoms with Gasteiger partial charge in [0.2, 0.25) is 0 Å². The van der Waals surface area contributed by atoms with E-state index in [0.717, 1.165) is 28.4 Å². The Bertz CT molecular complexity index is 503. The van der Waals surface area contributed by atoms with Crippen LogP contribution in [0.4, 0.5) is 4.79 Å². The van der Waals surface area contributed by atoms with Gasteiger partial charge in [-0.25, -0.2) is 4.79 Å². The number of urea groups is 1. The first-order valence-corrected chi connectivity index (χ1v) is 7.66. The third-order valence-electron chi connectivity index (χ3n) is 3.95. The quantitative estimate of drug-likeness (QED) is 0.771. The van der Waals surface area contributed by atoms with Gasteiger partial charge in [-0.05, 0) is 55.9 Å². The maximum atomic E-state index is 12.0. The normalized spacial score (nSPS) is 17.4. The molecule has 1 atom stereocenters. The molecule has 1 saturated carbocycles. The van der Waals surface area contributed by atoms with Crippen molar-refractivity contribution in [3.8, 4) is 0 Å². The third-order valence-corrected chi connectivity index (χ3v) is 4.44. The molecule has 0 spiro atoms. The number of carbonyl (C=O) groups excluding carboxylic acids is 1. The maximum Gasteiger partial charge on any atom is 0.315 e. The predicted octanol–water partition coefficient (Wildman–Crippen LogP) is 2.72. The van der Waals surface area contributed by atoms with E-state index in [2.05, 4.69) is 26.6 Å². The maximum absolute atomic E-state index is 12.0. The van der Waals surface area contributed by atoms with Gasteiger partial charge in [0.1, 0.15) is 0 Å². The highest BCUT2D eigenvalue weighted by Gasteiger charge is 2.42. The Hall–Kier alpha value is -1.07. The van der Waals surface area contributed by atoms with Crippen LogP contribution in [0.1, 0.15) is 30.9 Å². The second-order valence-corrected chi connectivity index (χ2v) is 6.64. The Morgan fingerprint density at radius 2 is 2.20 bits per heavy atom. The van der Waals surface area contributed by atoms with E-state index in [4.69, 9.17) is 0 Å². The summed E-state index contributed by atoms with van der Waals surface area (Å²) in [4.78, 5) is 12.0. The molecule has 3 N–H and O–H groups in total. The van der Waals surface area contributed by atoms with Crippen LogP contribution in [-0.2, 0) is 6.54 Å². The van der Waals surface area contributed by atoms with Crippen LogP contribution >= 0.6 is 15.9 Å². The van der Waals surface area contributed by atoms with Crippen molar-refractivity contribution in [2.75, 3.05) is 6.61 Å². The van der Waals surface area contributed by atoms with Crippen LogP contribution in [0.5, 0.6) is 0 Å². The average molecular weight is 341 g/mol. The van der Waals surface area contributed by atoms with Crippen LogP contribution in [-0.4, -0.2) is 23.3 Å². The van der Waals surface area contributed by atoms with Crippen molar-refractivity contribution >= 4 is 22.0 Å². The fourth-order valence-electron chi connectivity index (χ4n) is 2.33. The zero-order valence-corrected chi connectivity index (χ0v) is 13.5. The summed E-state index contributed by atoms with van der Waals surface area (Å²) >= 11 is 3.42. The molecule has 0 saturated heterocycles. The predicted molar refractivity (Wildman–Crippen MR) is 82.5 cm³/mol. The van der Waals surface area contributed by atoms with Gasteiger partial charge in [-0.3, -0.25) is 0 Å². The van der Waals surface area contributed by atoms with E-state index >= 15 is 0 Å². The Morgan fingerprint density at radius 3 is 2.75 bits per heavy atom. The van der Waals surface area contributed by atoms with Gasteiger partial charge in [0.25, 0.3) is 0 Å². The van der Waals surface area contributed by atoms with Crippen LogP contribution in [0.3, 0.4) is 0 Å². The van der Waals surface area contributed by atoms with E-state index < -0.39 is 5.54 Å². The summed E-state index contributed by atoms with van der Waals surface area (Å²) in [6.45, 7) is 4.37. The van der Waals surface area contributed by atoms with Gasteiger partial charge in [-0.2, -0.15) is 0 Å². The lowest BCUT2D eigenvalue weighted by molar-refractivity contribution is 0.155. The standard InChI is InChI=1S/C15H21BrN2O2/c1-10-7-13(16)6-3-11(10)8-17-14(20)18-15(2,9-19)12-4-5-12/h3,6-7,12,19H,4-5,8-9H2,1-2H3,(H2,17,18,20). The Balaban J connectivity index is 1.88. The zero-order valence-electron chi connectivity index (χ0n) is 11.9. The fraction of sp³-hybridized carbons (Fsp3) is 0.533. The number of amides is 2. The third kappa shape index (κ3) is 3.73. The van der Waals surface area contributed by atoms with Crippen molar-refractivity contribution in [1.29, 1.82) is 0 Å². The summed E-state index contributed by atoms with van der Waals surface area (Å²) in [5.41, 5.74) is 1.71. The van der Waals surface area contributed by atoms with E-state index in [1.165, 1.54) is 0 Å². The number of benzene rings is 1. The molecule has 2 rings (SSSR count). The summed E-state index contributed by atoms with van der Waals surface area (Å²) in [6.07, 6.45) is 2.15. The minimum absolute atomic E-state index is 0.0254. The molecule has 0 bridgehead atoms. The minimum atomic E-state index is -0.501. The van der Waals surface area contributed by atoms with Gasteiger partial charge < -0.3 is 15.7 Å². The lowest BCUT2D eigenvalue weighted by atomic mass is 9.97. The molecule has 4 nitrogen and oxygen atoms in total. The first kappa shape index (κ1) is 15.3. The van der Waals surface area contributed by atoms with Crippen molar-refractivity contribution in [3.05, 3.63) is 33.8 Å². The second kappa shape index (κ2) is 6.14. The zero-order chi connectivity index (χ0) is 14.8. The molecule has 0 aliphatic heterocycles. The molecule has 1 aliphatic carbocycles. The number of aliphatic hydroxyl groups excluding tert-OH is 1. The minimum Gasteiger partial charge on any atom is -0.394 e. The number of carbonyl (C=O) groups is 1. The lowest BCUT2D eigenvalue weighted by Crippen LogP contribution is -2.53. The monoisotopic (exact) mass is 340 g/mol. The molecule has 0 heterocycles. The molecule has 110 valence electrons. The highest BCUT2D eigenvalue weighted by atomic mass is 79.9. The molecular formula is C15H21BrN2O2. The van der Waals surface area contributed by atoms with Crippen LogP contribution in [0.25, 0.3) is 0 Å². The molecule has 1 fully saturated rings. The van der Waals surface area contributed by atoms with E-state index in [-0.39, 0.29) is 12.6 Å². The molecule has 0 radical (unpaired) electrons. The molecule has 1 unspecified atom stereocenters. The highest BCUT2D eigenvalue weighted by Crippen LogP contribution is 2.39. The van der Waals surface area contributed by atoms with E-state index in [1.807, 2.05) is 32.0 Å². The van der Waals surface area contributed by atoms with Crippen LogP contribution < -0.4 is 10.6 Å². The van der Waals surface area contributed by atoms with Crippen LogP contribution in [0.15, 0.2) is 22.7 Å². The van der Waals surface area contributed by atoms with Crippen LogP contribution in [0.2, 0.25) is 0 Å². The Kier molecular flexibility index (Phi) is 4.70. The van der Waals surface area contributed by atoms with Crippen molar-refractivity contribution in [1.82, 2.24) is 10.6 Å². The molecule has 0 aromatic heterocycles. The summed E-state index contributed by atoms with van der Waals surface area (Å²) < 4.78 is 1.03. The number of hydrogen-bond donors (Lipinski definition) is 3. The number of aliphatic hydroxyl groups is 1. The van der Waals surface area contributed by atoms with Gasteiger partial charge in [-0.1, -0.05) is 22.0 Å². The van der Waals surface area contributed by atoms with E-state index in [9.17, 15) is 9.90 Å². The molecular weight excluding hydrogens is 320 g/mol. The molecule has 20 heavy (non-hydrogen) atoms. The topological polar surface area (TPSA) is 61.4 Å². The van der Waals surface area contributed by atoms with Crippen molar-refractivity contribution in [2.45, 2.75) is 38.8 Å². The number of halogens is 1. The van der Waals surface area contributed by atoms with Gasteiger partial charge in [0.15, 0.2) is 0 Å². The molecule has 5 heteroatoms. The number of nitrogens with one attached hydrogen (secondary N) is 2. The number of rotatable bonds is 5. The van der Waals surface area contributed by atoms with Gasteiger partial charge in [0.05, 0.1) is 12.1 Å². The van der Waals surface area contributed by atoms with Gasteiger partial charge in [-0.15, -0.1) is 0 Å². The fourth-order valence-corrected chi connectivity index (χ4v) is 2.80. The average Bonchev–Trinajstić information content (AvgIpc) is 3.22. The SMILES string of the molecule is Cc1cc(Br)ccc1CNC(=O)NC(C)(CO)C1CC1. The van der Waals surface area contributed by atoms with Crippen molar-refractivity contribution < 1.29 is 9.90 Å². The Labute approximate surface area is 128 Å². The second-order valence-electron chi connectivity index (χ2n) is 5.73. The number of aryl methyl sites for hydroxylation is 1. The molecule has 1 aliphatic rings. The largest absolute Gasteiger partial charge is 0.394 e. The molecule has 1 aromatic rings. The van der Waals surface area contributed by atoms with Crippen LogP contribution in [0, 0.1) is 12.8 Å².